The number of hydrogen-bond donors (Lipinski definition) is 9. The van der Waals surface area contributed by atoms with Crippen molar-refractivity contribution in [2.75, 3.05) is 13.2 Å². The van der Waals surface area contributed by atoms with Gasteiger partial charge in [0.05, 0.1) is 19.3 Å². The van der Waals surface area contributed by atoms with Crippen LogP contribution in [0.1, 0.15) is 6.92 Å². The Morgan fingerprint density at radius 2 is 1.32 bits per heavy atom. The normalized spacial score (nSPS) is 54.0. The molecule has 0 aliphatic carbocycles. The van der Waals surface area contributed by atoms with Gasteiger partial charge in [0.15, 0.2) is 18.9 Å². The molecule has 0 aromatic carbocycles. The standard InChI is InChI=1S/C17H30O14/c1-4-7(20)9(22)11(24)17(28-4)31-14-12(25)15(26)29-6(2-18)13(14)30-16-10(23)8(21)5(19)3-27-16/h4-26H,2-3H2,1H3/t4-,5+,6+,7-,8-,9+,10+,11+,12+,13+,14+,15?,16-,17-/m0/s1. The van der Waals surface area contributed by atoms with Crippen LogP contribution in [-0.4, -0.2) is 145 Å². The van der Waals surface area contributed by atoms with Gasteiger partial charge in [-0.15, -0.1) is 0 Å². The second kappa shape index (κ2) is 10.1. The van der Waals surface area contributed by atoms with Gasteiger partial charge < -0.3 is 69.6 Å². The largest absolute Gasteiger partial charge is 0.394 e. The number of hydrogen-bond acceptors (Lipinski definition) is 14. The minimum Gasteiger partial charge on any atom is -0.394 e. The molecule has 0 aromatic rings. The van der Waals surface area contributed by atoms with Gasteiger partial charge in [0.25, 0.3) is 0 Å². The van der Waals surface area contributed by atoms with Gasteiger partial charge in [0, 0.05) is 0 Å². The quantitative estimate of drug-likeness (QED) is 0.187. The Balaban J connectivity index is 1.80. The van der Waals surface area contributed by atoms with Crippen molar-refractivity contribution in [2.24, 2.45) is 0 Å². The summed E-state index contributed by atoms with van der Waals surface area (Å²) in [6.45, 7) is 0.298. The Hall–Kier alpha value is -0.560. The van der Waals surface area contributed by atoms with Crippen molar-refractivity contribution in [2.45, 2.75) is 92.9 Å². The third-order valence-electron chi connectivity index (χ3n) is 5.66. The molecule has 3 aliphatic rings. The van der Waals surface area contributed by atoms with E-state index in [-0.39, 0.29) is 6.61 Å². The van der Waals surface area contributed by atoms with E-state index in [9.17, 15) is 46.0 Å². The fraction of sp³-hybridized carbons (Fsp3) is 1.00. The maximum Gasteiger partial charge on any atom is 0.187 e. The SMILES string of the molecule is C[C@@H]1O[C@@H](O[C@H]2[C@H](O[C@@H]3OC[C@@H](O)[C@H](O)[C@H]3O)[C@@H](CO)OC(O)[C@@H]2O)[C@H](O)[C@H](O)[C@H]1O. The highest BCUT2D eigenvalue weighted by molar-refractivity contribution is 4.95. The van der Waals surface area contributed by atoms with Gasteiger partial charge in [-0.05, 0) is 6.92 Å². The van der Waals surface area contributed by atoms with Crippen molar-refractivity contribution in [1.82, 2.24) is 0 Å². The summed E-state index contributed by atoms with van der Waals surface area (Å²) in [4.78, 5) is 0. The molecule has 3 saturated heterocycles. The smallest absolute Gasteiger partial charge is 0.187 e. The zero-order valence-corrected chi connectivity index (χ0v) is 16.6. The average molecular weight is 458 g/mol. The summed E-state index contributed by atoms with van der Waals surface area (Å²) in [6, 6.07) is 0. The van der Waals surface area contributed by atoms with E-state index < -0.39 is 92.6 Å². The zero-order valence-electron chi connectivity index (χ0n) is 16.6. The first-order valence-corrected chi connectivity index (χ1v) is 9.85. The number of ether oxygens (including phenoxy) is 5. The molecule has 0 spiro atoms. The lowest BCUT2D eigenvalue weighted by atomic mass is 9.96. The van der Waals surface area contributed by atoms with Crippen molar-refractivity contribution in [3.05, 3.63) is 0 Å². The third-order valence-corrected chi connectivity index (χ3v) is 5.66. The third kappa shape index (κ3) is 5.02. The Bertz CT molecular complexity index is 581. The molecule has 1 unspecified atom stereocenters. The lowest BCUT2D eigenvalue weighted by Gasteiger charge is -2.47. The first-order valence-electron chi connectivity index (χ1n) is 9.85. The predicted molar refractivity (Wildman–Crippen MR) is 93.8 cm³/mol. The summed E-state index contributed by atoms with van der Waals surface area (Å²) in [5.41, 5.74) is 0. The minimum atomic E-state index is -1.83. The lowest BCUT2D eigenvalue weighted by Crippen LogP contribution is -2.66. The number of aliphatic hydroxyl groups excluding tert-OH is 9. The molecule has 0 aromatic heterocycles. The van der Waals surface area contributed by atoms with E-state index in [0.717, 1.165) is 0 Å². The summed E-state index contributed by atoms with van der Waals surface area (Å²) in [5.74, 6) is 0. The molecule has 31 heavy (non-hydrogen) atoms. The molecule has 182 valence electrons. The minimum absolute atomic E-state index is 0.386. The molecule has 3 fully saturated rings. The van der Waals surface area contributed by atoms with Crippen LogP contribution in [0, 0.1) is 0 Å². The molecule has 3 rings (SSSR count). The predicted octanol–water partition coefficient (Wildman–Crippen LogP) is -5.91. The molecular formula is C17H30O14. The Morgan fingerprint density at radius 1 is 0.710 bits per heavy atom. The molecule has 3 aliphatic heterocycles. The van der Waals surface area contributed by atoms with Crippen molar-refractivity contribution in [1.29, 1.82) is 0 Å². The van der Waals surface area contributed by atoms with Gasteiger partial charge in [0.2, 0.25) is 0 Å². The fourth-order valence-corrected chi connectivity index (χ4v) is 3.71. The molecule has 14 atom stereocenters. The van der Waals surface area contributed by atoms with Crippen LogP contribution in [0.5, 0.6) is 0 Å². The van der Waals surface area contributed by atoms with Gasteiger partial charge in [-0.25, -0.2) is 0 Å². The Labute approximate surface area is 176 Å². The second-order valence-corrected chi connectivity index (χ2v) is 7.87. The molecule has 0 amide bonds. The summed E-state index contributed by atoms with van der Waals surface area (Å²) >= 11 is 0. The average Bonchev–Trinajstić information content (AvgIpc) is 2.75. The van der Waals surface area contributed by atoms with Gasteiger partial charge in [-0.3, -0.25) is 0 Å². The van der Waals surface area contributed by atoms with Gasteiger partial charge in [0.1, 0.15) is 61.0 Å². The maximum atomic E-state index is 10.4. The van der Waals surface area contributed by atoms with Crippen LogP contribution in [-0.2, 0) is 23.7 Å². The first kappa shape index (κ1) is 25.1. The van der Waals surface area contributed by atoms with E-state index in [2.05, 4.69) is 0 Å². The molecule has 9 N–H and O–H groups in total. The molecule has 14 heteroatoms. The Kier molecular flexibility index (Phi) is 8.21. The van der Waals surface area contributed by atoms with Crippen molar-refractivity contribution >= 4 is 0 Å². The van der Waals surface area contributed by atoms with Crippen LogP contribution < -0.4 is 0 Å². The summed E-state index contributed by atoms with van der Waals surface area (Å²) in [5, 5.41) is 89.6. The van der Waals surface area contributed by atoms with Crippen molar-refractivity contribution in [3.63, 3.8) is 0 Å². The lowest BCUT2D eigenvalue weighted by molar-refractivity contribution is -0.376. The second-order valence-electron chi connectivity index (χ2n) is 7.87. The zero-order chi connectivity index (χ0) is 23.0. The number of rotatable bonds is 5. The first-order chi connectivity index (χ1) is 14.6. The van der Waals surface area contributed by atoms with E-state index in [1.165, 1.54) is 6.92 Å². The highest BCUT2D eigenvalue weighted by Crippen LogP contribution is 2.31. The van der Waals surface area contributed by atoms with Crippen molar-refractivity contribution in [3.8, 4) is 0 Å². The summed E-state index contributed by atoms with van der Waals surface area (Å²) in [7, 11) is 0. The summed E-state index contributed by atoms with van der Waals surface area (Å²) in [6.07, 6.45) is -21.4. The van der Waals surface area contributed by atoms with Crippen LogP contribution in [0.25, 0.3) is 0 Å². The van der Waals surface area contributed by atoms with E-state index in [0.29, 0.717) is 0 Å². The molecule has 14 nitrogen and oxygen atoms in total. The van der Waals surface area contributed by atoms with E-state index in [1.807, 2.05) is 0 Å². The maximum absolute atomic E-state index is 10.4. The van der Waals surface area contributed by atoms with Crippen molar-refractivity contribution < 1.29 is 69.6 Å². The van der Waals surface area contributed by atoms with Crippen LogP contribution in [0.4, 0.5) is 0 Å². The highest BCUT2D eigenvalue weighted by Gasteiger charge is 2.52. The van der Waals surface area contributed by atoms with Gasteiger partial charge in [-0.1, -0.05) is 0 Å². The monoisotopic (exact) mass is 458 g/mol. The Morgan fingerprint density at radius 3 is 1.97 bits per heavy atom. The molecule has 0 bridgehead atoms. The molecule has 3 heterocycles. The fourth-order valence-electron chi connectivity index (χ4n) is 3.71. The molecule has 0 radical (unpaired) electrons. The van der Waals surface area contributed by atoms with Crippen LogP contribution >= 0.6 is 0 Å². The number of aliphatic hydroxyl groups is 9. The summed E-state index contributed by atoms with van der Waals surface area (Å²) < 4.78 is 26.7. The highest BCUT2D eigenvalue weighted by atomic mass is 16.7. The van der Waals surface area contributed by atoms with E-state index in [1.54, 1.807) is 0 Å². The topological polar surface area (TPSA) is 228 Å². The van der Waals surface area contributed by atoms with Crippen LogP contribution in [0.2, 0.25) is 0 Å². The van der Waals surface area contributed by atoms with E-state index >= 15 is 0 Å². The molecule has 0 saturated carbocycles. The van der Waals surface area contributed by atoms with Gasteiger partial charge in [-0.2, -0.15) is 0 Å². The van der Waals surface area contributed by atoms with Crippen LogP contribution in [0.15, 0.2) is 0 Å². The van der Waals surface area contributed by atoms with E-state index in [4.69, 9.17) is 23.7 Å². The van der Waals surface area contributed by atoms with Crippen LogP contribution in [0.3, 0.4) is 0 Å². The van der Waals surface area contributed by atoms with Gasteiger partial charge >= 0.3 is 0 Å². The molecular weight excluding hydrogens is 428 g/mol.